The van der Waals surface area contributed by atoms with Gasteiger partial charge in [-0.25, -0.2) is 9.78 Å². The molecule has 2 saturated heterocycles. The van der Waals surface area contributed by atoms with E-state index in [0.29, 0.717) is 12.3 Å². The van der Waals surface area contributed by atoms with Gasteiger partial charge in [-0.1, -0.05) is 18.6 Å². The van der Waals surface area contributed by atoms with Crippen LogP contribution in [0.5, 0.6) is 0 Å². The number of hydrogen-bond donors (Lipinski definition) is 0. The number of benzene rings is 1. The Hall–Kier alpha value is -2.96. The highest BCUT2D eigenvalue weighted by Gasteiger charge is 2.66. The summed E-state index contributed by atoms with van der Waals surface area (Å²) in [6.07, 6.45) is 2.04. The quantitative estimate of drug-likeness (QED) is 0.627. The predicted molar refractivity (Wildman–Crippen MR) is 112 cm³/mol. The third kappa shape index (κ3) is 2.38. The van der Waals surface area contributed by atoms with Crippen LogP contribution in [0.1, 0.15) is 30.9 Å². The van der Waals surface area contributed by atoms with Crippen molar-refractivity contribution in [2.75, 3.05) is 25.5 Å². The largest absolute Gasteiger partial charge is 0.332 e. The number of pyridine rings is 1. The van der Waals surface area contributed by atoms with E-state index in [9.17, 15) is 14.4 Å². The molecule has 1 aromatic carbocycles. The molecular weight excluding hydrogens is 380 g/mol. The number of aromatic amines is 1. The van der Waals surface area contributed by atoms with E-state index in [4.69, 9.17) is 0 Å². The smallest absolute Gasteiger partial charge is 0.273 e. The van der Waals surface area contributed by atoms with Crippen LogP contribution in [0.25, 0.3) is 10.9 Å². The van der Waals surface area contributed by atoms with Crippen LogP contribution in [-0.4, -0.2) is 54.3 Å². The first-order valence-corrected chi connectivity index (χ1v) is 10.6. The van der Waals surface area contributed by atoms with E-state index in [1.807, 2.05) is 6.92 Å². The summed E-state index contributed by atoms with van der Waals surface area (Å²) in [5.41, 5.74) is 1.88. The van der Waals surface area contributed by atoms with Gasteiger partial charge in [0.2, 0.25) is 0 Å². The Morgan fingerprint density at radius 3 is 2.47 bits per heavy atom. The maximum Gasteiger partial charge on any atom is 0.332 e. The monoisotopic (exact) mass is 407 g/mol. The Morgan fingerprint density at radius 2 is 1.77 bits per heavy atom. The summed E-state index contributed by atoms with van der Waals surface area (Å²) >= 11 is 0. The fourth-order valence-corrected chi connectivity index (χ4v) is 5.59. The Morgan fingerprint density at radius 1 is 1.07 bits per heavy atom. The number of hydrogen-bond acceptors (Lipinski definition) is 4. The average molecular weight is 407 g/mol. The predicted octanol–water partition coefficient (Wildman–Crippen LogP) is 2.16. The van der Waals surface area contributed by atoms with Crippen molar-refractivity contribution in [2.24, 2.45) is 11.3 Å². The molecule has 0 aliphatic carbocycles. The fraction of sp³-hybridized carbons (Fsp3) is 0.478. The molecule has 7 heteroatoms. The second-order valence-electron chi connectivity index (χ2n) is 9.23. The number of carbonyl (C=O) groups excluding carboxylic acids is 3. The summed E-state index contributed by atoms with van der Waals surface area (Å²) in [5.74, 6) is 0.641. The van der Waals surface area contributed by atoms with Gasteiger partial charge in [-0.05, 0) is 43.9 Å². The lowest BCUT2D eigenvalue weighted by molar-refractivity contribution is -0.333. The molecule has 0 bridgehead atoms. The highest BCUT2D eigenvalue weighted by Crippen LogP contribution is 2.48. The molecule has 1 N–H and O–H groups in total. The van der Waals surface area contributed by atoms with E-state index >= 15 is 0 Å². The molecular formula is C23H27N4O3+. The minimum atomic E-state index is -1.27. The summed E-state index contributed by atoms with van der Waals surface area (Å²) in [6.45, 7) is 4.99. The standard InChI is InChI=1S/C23H26N4O3/c1-13-5-6-17-15(9-13)11-16-12-23(20(28)25(3)22(30)26(4)21(23)29)18-10-14(2)7-8-27(18)19(16)24-17/h5-6,9,11,14,18H,7-8,10,12H2,1-4H3/p+1/t14-,18+/m0/s1. The molecule has 0 radical (unpaired) electrons. The molecule has 4 heterocycles. The van der Waals surface area contributed by atoms with Crippen molar-refractivity contribution in [1.29, 1.82) is 0 Å². The SMILES string of the molecule is Cc1ccc2[nH+]c3c(cc2c1)CC1(C(=O)N(C)C(=O)N(C)C1=O)[C@H]1C[C@@H](C)CCN31. The summed E-state index contributed by atoms with van der Waals surface area (Å²) < 4.78 is 0. The van der Waals surface area contributed by atoms with Crippen LogP contribution < -0.4 is 9.88 Å². The lowest BCUT2D eigenvalue weighted by Crippen LogP contribution is -2.72. The molecule has 30 heavy (non-hydrogen) atoms. The van der Waals surface area contributed by atoms with E-state index in [0.717, 1.165) is 57.0 Å². The normalized spacial score (nSPS) is 25.7. The number of rotatable bonds is 0. The zero-order chi connectivity index (χ0) is 21.4. The van der Waals surface area contributed by atoms with Gasteiger partial charge in [-0.2, -0.15) is 0 Å². The topological polar surface area (TPSA) is 75.1 Å². The van der Waals surface area contributed by atoms with Crippen LogP contribution in [0, 0.1) is 18.3 Å². The van der Waals surface area contributed by atoms with Gasteiger partial charge in [0.05, 0.1) is 6.54 Å². The van der Waals surface area contributed by atoms with Crippen molar-refractivity contribution in [3.63, 3.8) is 0 Å². The molecule has 156 valence electrons. The number of piperidine rings is 1. The number of H-pyrrole nitrogens is 1. The molecule has 5 rings (SSSR count). The first kappa shape index (κ1) is 19.0. The van der Waals surface area contributed by atoms with Gasteiger partial charge in [0, 0.05) is 31.5 Å². The summed E-state index contributed by atoms with van der Waals surface area (Å²) in [5, 5.41) is 1.06. The fourth-order valence-electron chi connectivity index (χ4n) is 5.59. The Labute approximate surface area is 175 Å². The van der Waals surface area contributed by atoms with Crippen molar-refractivity contribution < 1.29 is 19.4 Å². The second kappa shape index (κ2) is 6.27. The van der Waals surface area contributed by atoms with E-state index < -0.39 is 11.4 Å². The number of carbonyl (C=O) groups is 3. The van der Waals surface area contributed by atoms with Gasteiger partial charge in [-0.15, -0.1) is 0 Å². The van der Waals surface area contributed by atoms with Gasteiger partial charge in [-0.3, -0.25) is 24.3 Å². The van der Waals surface area contributed by atoms with Crippen molar-refractivity contribution >= 4 is 34.6 Å². The Kier molecular flexibility index (Phi) is 3.98. The van der Waals surface area contributed by atoms with Gasteiger partial charge in [0.25, 0.3) is 17.6 Å². The molecule has 3 aliphatic rings. The maximum absolute atomic E-state index is 13.6. The van der Waals surface area contributed by atoms with Gasteiger partial charge in [0.1, 0.15) is 11.6 Å². The van der Waals surface area contributed by atoms with E-state index in [2.05, 4.69) is 41.1 Å². The van der Waals surface area contributed by atoms with E-state index in [1.54, 1.807) is 0 Å². The molecule has 3 aliphatic heterocycles. The van der Waals surface area contributed by atoms with Crippen molar-refractivity contribution in [1.82, 2.24) is 9.80 Å². The van der Waals surface area contributed by atoms with Crippen LogP contribution in [-0.2, 0) is 16.0 Å². The first-order valence-electron chi connectivity index (χ1n) is 10.6. The Balaban J connectivity index is 1.75. The number of anilines is 1. The molecule has 1 spiro atoms. The number of fused-ring (bicyclic) bond motifs is 5. The third-order valence-corrected chi connectivity index (χ3v) is 7.23. The highest BCUT2D eigenvalue weighted by molar-refractivity contribution is 6.20. The molecule has 4 amide bonds. The zero-order valence-electron chi connectivity index (χ0n) is 17.9. The zero-order valence-corrected chi connectivity index (χ0v) is 17.9. The van der Waals surface area contributed by atoms with Crippen LogP contribution in [0.15, 0.2) is 24.3 Å². The molecule has 0 saturated carbocycles. The first-order chi connectivity index (χ1) is 14.2. The number of barbiturate groups is 1. The van der Waals surface area contributed by atoms with Crippen LogP contribution >= 0.6 is 0 Å². The molecule has 1 aromatic heterocycles. The van der Waals surface area contributed by atoms with Crippen LogP contribution in [0.3, 0.4) is 0 Å². The molecule has 7 nitrogen and oxygen atoms in total. The molecule has 0 unspecified atom stereocenters. The third-order valence-electron chi connectivity index (χ3n) is 7.23. The number of urea groups is 1. The van der Waals surface area contributed by atoms with Crippen molar-refractivity contribution in [2.45, 2.75) is 39.2 Å². The number of imide groups is 2. The Bertz CT molecular complexity index is 1090. The van der Waals surface area contributed by atoms with Crippen LogP contribution in [0.2, 0.25) is 0 Å². The van der Waals surface area contributed by atoms with E-state index in [1.165, 1.54) is 14.1 Å². The molecule has 2 fully saturated rings. The highest BCUT2D eigenvalue weighted by atomic mass is 16.2. The summed E-state index contributed by atoms with van der Waals surface area (Å²) in [7, 11) is 2.97. The minimum Gasteiger partial charge on any atom is -0.273 e. The average Bonchev–Trinajstić information content (AvgIpc) is 2.73. The number of nitrogens with one attached hydrogen (secondary N) is 1. The summed E-state index contributed by atoms with van der Waals surface area (Å²) in [4.78, 5) is 47.6. The lowest BCUT2D eigenvalue weighted by Gasteiger charge is -2.51. The summed E-state index contributed by atoms with van der Waals surface area (Å²) in [6, 6.07) is 7.53. The van der Waals surface area contributed by atoms with Gasteiger partial charge >= 0.3 is 6.03 Å². The van der Waals surface area contributed by atoms with Crippen molar-refractivity contribution in [3.05, 3.63) is 35.4 Å². The van der Waals surface area contributed by atoms with Crippen LogP contribution in [0.4, 0.5) is 10.6 Å². The van der Waals surface area contributed by atoms with Crippen molar-refractivity contribution in [3.8, 4) is 0 Å². The number of nitrogens with zero attached hydrogens (tertiary/aromatic N) is 3. The lowest BCUT2D eigenvalue weighted by atomic mass is 9.65. The van der Waals surface area contributed by atoms with Gasteiger partial charge in [0.15, 0.2) is 5.41 Å². The molecule has 2 atom stereocenters. The minimum absolute atomic E-state index is 0.272. The maximum atomic E-state index is 13.6. The van der Waals surface area contributed by atoms with Gasteiger partial charge < -0.3 is 0 Å². The molecule has 2 aromatic rings. The number of aromatic nitrogens is 1. The van der Waals surface area contributed by atoms with E-state index in [-0.39, 0.29) is 17.9 Å². The second-order valence-corrected chi connectivity index (χ2v) is 9.23. The number of amides is 4. The number of aryl methyl sites for hydroxylation is 1.